The normalized spacial score (nSPS) is 11.2. The molecule has 0 unspecified atom stereocenters. The number of hydrogen-bond donors (Lipinski definition) is 0. The number of halogens is 4. The van der Waals surface area contributed by atoms with Gasteiger partial charge in [0.1, 0.15) is 10.8 Å². The Morgan fingerprint density at radius 2 is 1.84 bits per heavy atom. The van der Waals surface area contributed by atoms with Crippen LogP contribution in [0.25, 0.3) is 20.8 Å². The van der Waals surface area contributed by atoms with Crippen LogP contribution in [0.3, 0.4) is 0 Å². The van der Waals surface area contributed by atoms with Crippen LogP contribution in [-0.2, 0) is 0 Å². The lowest BCUT2D eigenvalue weighted by Crippen LogP contribution is -1.80. The third-order valence-electron chi connectivity index (χ3n) is 2.57. The lowest BCUT2D eigenvalue weighted by molar-refractivity contribution is 0.630. The van der Waals surface area contributed by atoms with Crippen molar-refractivity contribution in [3.63, 3.8) is 0 Å². The van der Waals surface area contributed by atoms with Gasteiger partial charge in [-0.3, -0.25) is 0 Å². The summed E-state index contributed by atoms with van der Waals surface area (Å²) in [5, 5.41) is 1.91. The summed E-state index contributed by atoms with van der Waals surface area (Å²) in [6.07, 6.45) is 0. The Labute approximate surface area is 127 Å². The SMILES string of the molecule is Fc1ccc2nc(-c3cc(Cl)cc(Cl)c3Cl)sc2c1. The first-order chi connectivity index (χ1) is 9.04. The average Bonchev–Trinajstić information content (AvgIpc) is 2.76. The molecule has 0 radical (unpaired) electrons. The monoisotopic (exact) mass is 331 g/mol. The summed E-state index contributed by atoms with van der Waals surface area (Å²) in [6.45, 7) is 0. The number of thiazole rings is 1. The predicted octanol–water partition coefficient (Wildman–Crippen LogP) is 6.06. The van der Waals surface area contributed by atoms with E-state index in [0.717, 1.165) is 4.70 Å². The van der Waals surface area contributed by atoms with E-state index in [1.807, 2.05) is 0 Å². The van der Waals surface area contributed by atoms with Crippen molar-refractivity contribution in [2.24, 2.45) is 0 Å². The molecular weight excluding hydrogens is 328 g/mol. The van der Waals surface area contributed by atoms with Crippen molar-refractivity contribution in [2.75, 3.05) is 0 Å². The fraction of sp³-hybridized carbons (Fsp3) is 0. The number of nitrogens with zero attached hydrogens (tertiary/aromatic N) is 1. The lowest BCUT2D eigenvalue weighted by atomic mass is 10.2. The van der Waals surface area contributed by atoms with Gasteiger partial charge in [0.05, 0.1) is 20.3 Å². The first-order valence-electron chi connectivity index (χ1n) is 5.25. The van der Waals surface area contributed by atoms with Crippen LogP contribution in [-0.4, -0.2) is 4.98 Å². The average molecular weight is 333 g/mol. The van der Waals surface area contributed by atoms with E-state index in [1.54, 1.807) is 18.2 Å². The summed E-state index contributed by atoms with van der Waals surface area (Å²) < 4.78 is 13.9. The molecule has 0 spiro atoms. The molecule has 3 rings (SSSR count). The van der Waals surface area contributed by atoms with E-state index in [9.17, 15) is 4.39 Å². The molecule has 1 heterocycles. The van der Waals surface area contributed by atoms with E-state index in [2.05, 4.69) is 4.98 Å². The maximum atomic E-state index is 13.2. The Balaban J connectivity index is 2.24. The molecule has 6 heteroatoms. The predicted molar refractivity (Wildman–Crippen MR) is 80.0 cm³/mol. The maximum Gasteiger partial charge on any atom is 0.126 e. The summed E-state index contributed by atoms with van der Waals surface area (Å²) in [5.41, 5.74) is 1.37. The minimum Gasteiger partial charge on any atom is -0.236 e. The second-order valence-electron chi connectivity index (χ2n) is 3.88. The molecule has 0 aliphatic rings. The van der Waals surface area contributed by atoms with E-state index in [-0.39, 0.29) is 5.82 Å². The zero-order valence-corrected chi connectivity index (χ0v) is 12.3. The molecule has 1 aromatic heterocycles. The molecule has 0 fully saturated rings. The minimum absolute atomic E-state index is 0.294. The fourth-order valence-electron chi connectivity index (χ4n) is 1.73. The van der Waals surface area contributed by atoms with E-state index < -0.39 is 0 Å². The first-order valence-corrected chi connectivity index (χ1v) is 7.20. The van der Waals surface area contributed by atoms with Gasteiger partial charge in [-0.2, -0.15) is 0 Å². The topological polar surface area (TPSA) is 12.9 Å². The molecule has 0 aliphatic carbocycles. The quantitative estimate of drug-likeness (QED) is 0.493. The summed E-state index contributed by atoms with van der Waals surface area (Å²) in [4.78, 5) is 4.42. The summed E-state index contributed by atoms with van der Waals surface area (Å²) in [6, 6.07) is 7.71. The number of rotatable bonds is 1. The van der Waals surface area contributed by atoms with Gasteiger partial charge in [-0.15, -0.1) is 11.3 Å². The summed E-state index contributed by atoms with van der Waals surface area (Å²) >= 11 is 19.5. The third kappa shape index (κ3) is 2.43. The molecule has 1 nitrogen and oxygen atoms in total. The van der Waals surface area contributed by atoms with E-state index >= 15 is 0 Å². The Bertz CT molecular complexity index is 785. The molecule has 2 aromatic carbocycles. The van der Waals surface area contributed by atoms with Crippen LogP contribution in [0, 0.1) is 5.82 Å². The molecule has 0 bridgehead atoms. The lowest BCUT2D eigenvalue weighted by Gasteiger charge is -2.03. The highest BCUT2D eigenvalue weighted by Crippen LogP contribution is 2.39. The van der Waals surface area contributed by atoms with Crippen molar-refractivity contribution in [2.45, 2.75) is 0 Å². The highest BCUT2D eigenvalue weighted by Gasteiger charge is 2.13. The van der Waals surface area contributed by atoms with Gasteiger partial charge in [0.25, 0.3) is 0 Å². The highest BCUT2D eigenvalue weighted by atomic mass is 35.5. The van der Waals surface area contributed by atoms with Crippen molar-refractivity contribution >= 4 is 56.4 Å². The fourth-order valence-corrected chi connectivity index (χ4v) is 3.49. The third-order valence-corrected chi connectivity index (χ3v) is 4.65. The van der Waals surface area contributed by atoms with Gasteiger partial charge >= 0.3 is 0 Å². The van der Waals surface area contributed by atoms with Crippen molar-refractivity contribution in [3.05, 3.63) is 51.2 Å². The molecule has 19 heavy (non-hydrogen) atoms. The Kier molecular flexibility index (Phi) is 3.39. The Morgan fingerprint density at radius 1 is 1.05 bits per heavy atom. The highest BCUT2D eigenvalue weighted by molar-refractivity contribution is 7.21. The van der Waals surface area contributed by atoms with Crippen molar-refractivity contribution in [1.82, 2.24) is 4.98 Å². The molecule has 0 saturated heterocycles. The second-order valence-corrected chi connectivity index (χ2v) is 6.13. The second kappa shape index (κ2) is 4.91. The number of hydrogen-bond acceptors (Lipinski definition) is 2. The number of aromatic nitrogens is 1. The molecule has 3 aromatic rings. The molecule has 0 amide bonds. The number of fused-ring (bicyclic) bond motifs is 1. The Morgan fingerprint density at radius 3 is 2.63 bits per heavy atom. The van der Waals surface area contributed by atoms with Gasteiger partial charge in [-0.25, -0.2) is 9.37 Å². The molecular formula is C13H5Cl3FNS. The molecule has 0 atom stereocenters. The van der Waals surface area contributed by atoms with Gasteiger partial charge in [-0.05, 0) is 30.3 Å². The molecule has 0 N–H and O–H groups in total. The standard InChI is InChI=1S/C13H5Cl3FNS/c14-6-3-8(12(16)9(15)4-6)13-18-10-2-1-7(17)5-11(10)19-13/h1-5H. The molecule has 0 saturated carbocycles. The van der Waals surface area contributed by atoms with Gasteiger partial charge in [0, 0.05) is 10.6 Å². The molecule has 96 valence electrons. The van der Waals surface area contributed by atoms with Gasteiger partial charge in [0.15, 0.2) is 0 Å². The van der Waals surface area contributed by atoms with Crippen LogP contribution in [0.15, 0.2) is 30.3 Å². The van der Waals surface area contributed by atoms with Crippen LogP contribution < -0.4 is 0 Å². The van der Waals surface area contributed by atoms with E-state index in [1.165, 1.54) is 23.5 Å². The van der Waals surface area contributed by atoms with Gasteiger partial charge in [-0.1, -0.05) is 34.8 Å². The zero-order chi connectivity index (χ0) is 13.6. The first kappa shape index (κ1) is 13.1. The zero-order valence-electron chi connectivity index (χ0n) is 9.25. The molecule has 0 aliphatic heterocycles. The smallest absolute Gasteiger partial charge is 0.126 e. The summed E-state index contributed by atoms with van der Waals surface area (Å²) in [5.74, 6) is -0.294. The van der Waals surface area contributed by atoms with Crippen LogP contribution in [0.1, 0.15) is 0 Å². The Hall–Kier alpha value is -0.870. The summed E-state index contributed by atoms with van der Waals surface area (Å²) in [7, 11) is 0. The van der Waals surface area contributed by atoms with Gasteiger partial charge < -0.3 is 0 Å². The maximum absolute atomic E-state index is 13.2. The van der Waals surface area contributed by atoms with Crippen LogP contribution in [0.4, 0.5) is 4.39 Å². The minimum atomic E-state index is -0.294. The van der Waals surface area contributed by atoms with Crippen molar-refractivity contribution in [1.29, 1.82) is 0 Å². The number of benzene rings is 2. The van der Waals surface area contributed by atoms with Crippen LogP contribution in [0.2, 0.25) is 15.1 Å². The van der Waals surface area contributed by atoms with Crippen molar-refractivity contribution < 1.29 is 4.39 Å². The van der Waals surface area contributed by atoms with E-state index in [0.29, 0.717) is 31.2 Å². The van der Waals surface area contributed by atoms with Crippen LogP contribution in [0.5, 0.6) is 0 Å². The van der Waals surface area contributed by atoms with Crippen molar-refractivity contribution in [3.8, 4) is 10.6 Å². The van der Waals surface area contributed by atoms with Crippen LogP contribution >= 0.6 is 46.1 Å². The largest absolute Gasteiger partial charge is 0.236 e. The van der Waals surface area contributed by atoms with E-state index in [4.69, 9.17) is 34.8 Å². The van der Waals surface area contributed by atoms with Gasteiger partial charge in [0.2, 0.25) is 0 Å².